The highest BCUT2D eigenvalue weighted by Gasteiger charge is 2.31. The minimum Gasteiger partial charge on any atom is -0.374 e. The molecule has 1 heterocycles. The van der Waals surface area contributed by atoms with E-state index in [1.807, 2.05) is 31.0 Å². The summed E-state index contributed by atoms with van der Waals surface area (Å²) in [6.45, 7) is 10.1. The summed E-state index contributed by atoms with van der Waals surface area (Å²) in [6, 6.07) is 0.177. The van der Waals surface area contributed by atoms with Crippen molar-refractivity contribution in [2.24, 2.45) is 7.05 Å². The van der Waals surface area contributed by atoms with E-state index in [-0.39, 0.29) is 11.6 Å². The van der Waals surface area contributed by atoms with E-state index in [0.717, 1.165) is 19.6 Å². The fourth-order valence-corrected chi connectivity index (χ4v) is 2.10. The van der Waals surface area contributed by atoms with Crippen LogP contribution in [0.1, 0.15) is 45.7 Å². The van der Waals surface area contributed by atoms with E-state index in [0.29, 0.717) is 0 Å². The van der Waals surface area contributed by atoms with Gasteiger partial charge in [-0.2, -0.15) is 5.10 Å². The van der Waals surface area contributed by atoms with Gasteiger partial charge in [-0.05, 0) is 33.7 Å². The van der Waals surface area contributed by atoms with Crippen LogP contribution < -0.4 is 5.32 Å². The van der Waals surface area contributed by atoms with Gasteiger partial charge >= 0.3 is 0 Å². The zero-order valence-electron chi connectivity index (χ0n) is 11.7. The predicted octanol–water partition coefficient (Wildman–Crippen LogP) is 2.28. The lowest BCUT2D eigenvalue weighted by Crippen LogP contribution is -2.41. The SMILES string of the molecule is CCCNC(c1cnn(C)c1)C(C)(C)OCC. The Hall–Kier alpha value is -0.870. The van der Waals surface area contributed by atoms with Crippen LogP contribution >= 0.6 is 0 Å². The van der Waals surface area contributed by atoms with Crippen molar-refractivity contribution in [1.82, 2.24) is 15.1 Å². The molecule has 0 amide bonds. The maximum atomic E-state index is 5.85. The monoisotopic (exact) mass is 239 g/mol. The molecule has 1 aromatic rings. The normalized spacial score (nSPS) is 13.9. The van der Waals surface area contributed by atoms with E-state index < -0.39 is 0 Å². The lowest BCUT2D eigenvalue weighted by molar-refractivity contribution is -0.0391. The number of ether oxygens (including phenoxy) is 1. The fourth-order valence-electron chi connectivity index (χ4n) is 2.10. The Morgan fingerprint density at radius 3 is 2.65 bits per heavy atom. The second kappa shape index (κ2) is 6.17. The third kappa shape index (κ3) is 3.82. The van der Waals surface area contributed by atoms with Crippen molar-refractivity contribution in [2.75, 3.05) is 13.2 Å². The maximum absolute atomic E-state index is 5.85. The molecule has 0 aliphatic carbocycles. The summed E-state index contributed by atoms with van der Waals surface area (Å²) < 4.78 is 7.68. The molecule has 0 fully saturated rings. The van der Waals surface area contributed by atoms with Crippen molar-refractivity contribution in [2.45, 2.75) is 45.8 Å². The molecule has 0 aromatic carbocycles. The minimum absolute atomic E-state index is 0.177. The molecule has 0 saturated carbocycles. The first kappa shape index (κ1) is 14.2. The van der Waals surface area contributed by atoms with Gasteiger partial charge in [0, 0.05) is 25.4 Å². The van der Waals surface area contributed by atoms with Gasteiger partial charge in [0.2, 0.25) is 0 Å². The summed E-state index contributed by atoms with van der Waals surface area (Å²) >= 11 is 0. The Balaban J connectivity index is 2.86. The number of nitrogens with one attached hydrogen (secondary N) is 1. The third-order valence-corrected chi connectivity index (χ3v) is 2.87. The molecule has 4 heteroatoms. The number of rotatable bonds is 7. The van der Waals surface area contributed by atoms with Crippen molar-refractivity contribution in [3.8, 4) is 0 Å². The summed E-state index contributed by atoms with van der Waals surface area (Å²) in [7, 11) is 1.94. The van der Waals surface area contributed by atoms with E-state index in [4.69, 9.17) is 4.74 Å². The van der Waals surface area contributed by atoms with Crippen LogP contribution in [0.25, 0.3) is 0 Å². The van der Waals surface area contributed by atoms with Gasteiger partial charge in [0.25, 0.3) is 0 Å². The molecule has 0 saturated heterocycles. The molecule has 4 nitrogen and oxygen atoms in total. The smallest absolute Gasteiger partial charge is 0.0821 e. The number of hydrogen-bond acceptors (Lipinski definition) is 3. The van der Waals surface area contributed by atoms with Gasteiger partial charge in [0.15, 0.2) is 0 Å². The highest BCUT2D eigenvalue weighted by molar-refractivity contribution is 5.14. The van der Waals surface area contributed by atoms with Crippen molar-refractivity contribution in [3.63, 3.8) is 0 Å². The average molecular weight is 239 g/mol. The molecule has 1 rings (SSSR count). The third-order valence-electron chi connectivity index (χ3n) is 2.87. The molecule has 0 radical (unpaired) electrons. The van der Waals surface area contributed by atoms with Crippen LogP contribution in [0.15, 0.2) is 12.4 Å². The lowest BCUT2D eigenvalue weighted by Gasteiger charge is -2.34. The Bertz CT molecular complexity index is 333. The minimum atomic E-state index is -0.229. The second-order valence-electron chi connectivity index (χ2n) is 4.87. The van der Waals surface area contributed by atoms with Gasteiger partial charge in [-0.1, -0.05) is 6.92 Å². The summed E-state index contributed by atoms with van der Waals surface area (Å²) in [4.78, 5) is 0. The standard InChI is InChI=1S/C13H25N3O/c1-6-8-14-12(13(3,4)17-7-2)11-9-15-16(5)10-11/h9-10,12,14H,6-8H2,1-5H3. The zero-order valence-corrected chi connectivity index (χ0v) is 11.7. The van der Waals surface area contributed by atoms with Crippen LogP contribution in [0.3, 0.4) is 0 Å². The van der Waals surface area contributed by atoms with E-state index in [9.17, 15) is 0 Å². The molecule has 1 aromatic heterocycles. The van der Waals surface area contributed by atoms with Crippen LogP contribution in [0.2, 0.25) is 0 Å². The molecule has 98 valence electrons. The van der Waals surface area contributed by atoms with Crippen molar-refractivity contribution in [1.29, 1.82) is 0 Å². The van der Waals surface area contributed by atoms with Gasteiger partial charge in [0.05, 0.1) is 17.8 Å². The van der Waals surface area contributed by atoms with Gasteiger partial charge in [-0.3, -0.25) is 4.68 Å². The largest absolute Gasteiger partial charge is 0.374 e. The van der Waals surface area contributed by atoms with Gasteiger partial charge in [0.1, 0.15) is 0 Å². The molecule has 0 spiro atoms. The van der Waals surface area contributed by atoms with E-state index >= 15 is 0 Å². The second-order valence-corrected chi connectivity index (χ2v) is 4.87. The molecule has 0 aliphatic heterocycles. The summed E-state index contributed by atoms with van der Waals surface area (Å²) in [5, 5.41) is 7.79. The highest BCUT2D eigenvalue weighted by atomic mass is 16.5. The van der Waals surface area contributed by atoms with Crippen molar-refractivity contribution >= 4 is 0 Å². The number of nitrogens with zero attached hydrogens (tertiary/aromatic N) is 2. The summed E-state index contributed by atoms with van der Waals surface area (Å²) in [5.74, 6) is 0. The molecule has 0 aliphatic rings. The van der Waals surface area contributed by atoms with Gasteiger partial charge < -0.3 is 10.1 Å². The molecule has 0 bridgehead atoms. The predicted molar refractivity (Wildman–Crippen MR) is 69.9 cm³/mol. The van der Waals surface area contributed by atoms with Crippen LogP contribution in [-0.2, 0) is 11.8 Å². The number of aromatic nitrogens is 2. The molecular weight excluding hydrogens is 214 g/mol. The van der Waals surface area contributed by atoms with E-state index in [2.05, 4.69) is 31.2 Å². The Labute approximate surface area is 104 Å². The Kier molecular flexibility index (Phi) is 5.15. The number of aryl methyl sites for hydroxylation is 1. The van der Waals surface area contributed by atoms with Crippen LogP contribution in [-0.4, -0.2) is 28.5 Å². The zero-order chi connectivity index (χ0) is 12.9. The van der Waals surface area contributed by atoms with Crippen LogP contribution in [0, 0.1) is 0 Å². The van der Waals surface area contributed by atoms with Crippen LogP contribution in [0.4, 0.5) is 0 Å². The first-order chi connectivity index (χ1) is 8.01. The van der Waals surface area contributed by atoms with Crippen molar-refractivity contribution < 1.29 is 4.74 Å². The maximum Gasteiger partial charge on any atom is 0.0821 e. The topological polar surface area (TPSA) is 39.1 Å². The quantitative estimate of drug-likeness (QED) is 0.793. The molecule has 1 unspecified atom stereocenters. The average Bonchev–Trinajstić information content (AvgIpc) is 2.65. The lowest BCUT2D eigenvalue weighted by atomic mass is 9.93. The fraction of sp³-hybridized carbons (Fsp3) is 0.769. The first-order valence-electron chi connectivity index (χ1n) is 6.37. The molecule has 1 N–H and O–H groups in total. The molecular formula is C13H25N3O. The Morgan fingerprint density at radius 1 is 1.47 bits per heavy atom. The summed E-state index contributed by atoms with van der Waals surface area (Å²) in [6.07, 6.45) is 5.07. The van der Waals surface area contributed by atoms with Gasteiger partial charge in [-0.25, -0.2) is 0 Å². The highest BCUT2D eigenvalue weighted by Crippen LogP contribution is 2.28. The van der Waals surface area contributed by atoms with E-state index in [1.165, 1.54) is 5.56 Å². The first-order valence-corrected chi connectivity index (χ1v) is 6.37. The molecule has 1 atom stereocenters. The van der Waals surface area contributed by atoms with Crippen LogP contribution in [0.5, 0.6) is 0 Å². The summed E-state index contributed by atoms with van der Waals surface area (Å²) in [5.41, 5.74) is 0.951. The van der Waals surface area contributed by atoms with Gasteiger partial charge in [-0.15, -0.1) is 0 Å². The molecule has 17 heavy (non-hydrogen) atoms. The number of hydrogen-bond donors (Lipinski definition) is 1. The van der Waals surface area contributed by atoms with E-state index in [1.54, 1.807) is 0 Å². The van der Waals surface area contributed by atoms with Crippen molar-refractivity contribution in [3.05, 3.63) is 18.0 Å². The Morgan fingerprint density at radius 2 is 2.18 bits per heavy atom.